The lowest BCUT2D eigenvalue weighted by molar-refractivity contribution is -0.125. The van der Waals surface area contributed by atoms with E-state index in [0.717, 1.165) is 48.4 Å². The van der Waals surface area contributed by atoms with Crippen LogP contribution in [0.15, 0.2) is 109 Å². The fourth-order valence-corrected chi connectivity index (χ4v) is 6.80. The molecule has 1 aliphatic rings. The largest absolute Gasteiger partial charge is 0.493 e. The van der Waals surface area contributed by atoms with Gasteiger partial charge in [0.05, 0.1) is 17.8 Å². The van der Waals surface area contributed by atoms with Gasteiger partial charge in [0.25, 0.3) is 0 Å². The zero-order valence-corrected chi connectivity index (χ0v) is 33.9. The number of likely N-dealkylation sites (tertiary alicyclic amines) is 1. The summed E-state index contributed by atoms with van der Waals surface area (Å²) in [5.74, 6) is 3.02. The van der Waals surface area contributed by atoms with Gasteiger partial charge < -0.3 is 19.1 Å². The standard InChI is InChI=1S/C46H50ClN3O4.ClH/c1-32(2)39-15-17-41(18-16-39)52-25-23-35-10-12-36(13-11-35)29-49(5)40-22-24-50(30-40)45(51)21-14-38-26-34(4)46(43(47)27-38)54-44-20-19-42(28-48-44)53-31-37-8-6-33(3)7-9-37;/h6-21,26-28,32,40H,22-25,29-31H2,1-5H3;1H/b21-14+;/t40-;/m0./s1. The third-order valence-electron chi connectivity index (χ3n) is 9.87. The van der Waals surface area contributed by atoms with Gasteiger partial charge in [-0.1, -0.05) is 91.7 Å². The van der Waals surface area contributed by atoms with Gasteiger partial charge in [-0.2, -0.15) is 0 Å². The Hall–Kier alpha value is -4.82. The minimum atomic E-state index is -0.00340. The molecule has 5 aromatic rings. The number of nitrogens with zero attached hydrogens (tertiary/aromatic N) is 3. The van der Waals surface area contributed by atoms with Crippen LogP contribution in [0.3, 0.4) is 0 Å². The quantitative estimate of drug-likeness (QED) is 0.0986. The molecule has 9 heteroatoms. The molecule has 0 saturated carbocycles. The van der Waals surface area contributed by atoms with E-state index in [-0.39, 0.29) is 18.3 Å². The maximum Gasteiger partial charge on any atom is 0.246 e. The highest BCUT2D eigenvalue weighted by molar-refractivity contribution is 6.32. The molecule has 1 aromatic heterocycles. The Kier molecular flexibility index (Phi) is 14.8. The van der Waals surface area contributed by atoms with E-state index in [1.807, 2.05) is 30.0 Å². The summed E-state index contributed by atoms with van der Waals surface area (Å²) in [7, 11) is 2.14. The third-order valence-corrected chi connectivity index (χ3v) is 10.2. The third kappa shape index (κ3) is 11.8. The fraction of sp³-hybridized carbons (Fsp3) is 0.304. The summed E-state index contributed by atoms with van der Waals surface area (Å²) in [4.78, 5) is 21.8. The fourth-order valence-electron chi connectivity index (χ4n) is 6.49. The van der Waals surface area contributed by atoms with Gasteiger partial charge in [0.1, 0.15) is 18.1 Å². The molecular weight excluding hydrogens is 729 g/mol. The predicted octanol–water partition coefficient (Wildman–Crippen LogP) is 10.6. The Morgan fingerprint density at radius 1 is 0.909 bits per heavy atom. The van der Waals surface area contributed by atoms with E-state index in [4.69, 9.17) is 25.8 Å². The number of benzene rings is 4. The number of likely N-dealkylation sites (N-methyl/N-ethyl adjacent to an activating group) is 1. The lowest BCUT2D eigenvalue weighted by Crippen LogP contribution is -2.35. The highest BCUT2D eigenvalue weighted by Gasteiger charge is 2.28. The van der Waals surface area contributed by atoms with Gasteiger partial charge in [0.15, 0.2) is 5.75 Å². The number of rotatable bonds is 15. The van der Waals surface area contributed by atoms with Crippen molar-refractivity contribution in [2.75, 3.05) is 26.7 Å². The van der Waals surface area contributed by atoms with Gasteiger partial charge in [-0.25, -0.2) is 4.98 Å². The van der Waals surface area contributed by atoms with Crippen LogP contribution < -0.4 is 14.2 Å². The van der Waals surface area contributed by atoms with E-state index in [2.05, 4.69) is 110 Å². The smallest absolute Gasteiger partial charge is 0.246 e. The van der Waals surface area contributed by atoms with Crippen LogP contribution in [0.25, 0.3) is 6.08 Å². The molecule has 1 saturated heterocycles. The normalized spacial score (nSPS) is 14.0. The number of aromatic nitrogens is 1. The highest BCUT2D eigenvalue weighted by atomic mass is 35.5. The van der Waals surface area contributed by atoms with Crippen LogP contribution in [0.1, 0.15) is 65.1 Å². The minimum absolute atomic E-state index is 0. The van der Waals surface area contributed by atoms with Crippen molar-refractivity contribution in [1.82, 2.24) is 14.8 Å². The number of hydrogen-bond acceptors (Lipinski definition) is 6. The van der Waals surface area contributed by atoms with Crippen LogP contribution in [0.4, 0.5) is 0 Å². The van der Waals surface area contributed by atoms with E-state index in [1.165, 1.54) is 22.3 Å². The van der Waals surface area contributed by atoms with Gasteiger partial charge in [-0.3, -0.25) is 9.69 Å². The summed E-state index contributed by atoms with van der Waals surface area (Å²) in [6, 6.07) is 33.0. The van der Waals surface area contributed by atoms with Crippen LogP contribution in [0, 0.1) is 13.8 Å². The second-order valence-electron chi connectivity index (χ2n) is 14.5. The van der Waals surface area contributed by atoms with Crippen molar-refractivity contribution in [3.05, 3.63) is 153 Å². The van der Waals surface area contributed by atoms with Gasteiger partial charge >= 0.3 is 0 Å². The first-order valence-corrected chi connectivity index (χ1v) is 19.1. The van der Waals surface area contributed by atoms with E-state index >= 15 is 0 Å². The summed E-state index contributed by atoms with van der Waals surface area (Å²) in [5, 5.41) is 0.445. The zero-order chi connectivity index (χ0) is 38.0. The van der Waals surface area contributed by atoms with Crippen LogP contribution in [0.5, 0.6) is 23.1 Å². The molecule has 6 rings (SSSR count). The van der Waals surface area contributed by atoms with Crippen molar-refractivity contribution in [3.8, 4) is 23.1 Å². The van der Waals surface area contributed by atoms with Crippen molar-refractivity contribution in [1.29, 1.82) is 0 Å². The average molecular weight is 781 g/mol. The number of ether oxygens (including phenoxy) is 3. The SMILES string of the molecule is Cc1ccc(COc2ccc(Oc3c(C)cc(/C=C/C(=O)N4CC[C@H](N(C)Cc5ccc(CCOc6ccc(C(C)C)cc6)cc5)C4)cc3Cl)nc2)cc1.Cl. The maximum absolute atomic E-state index is 13.2. The number of amides is 1. The van der Waals surface area contributed by atoms with E-state index in [0.29, 0.717) is 54.1 Å². The zero-order valence-electron chi connectivity index (χ0n) is 32.3. The maximum atomic E-state index is 13.2. The van der Waals surface area contributed by atoms with Crippen LogP contribution in [-0.4, -0.2) is 53.5 Å². The molecule has 0 N–H and O–H groups in total. The number of pyridine rings is 1. The van der Waals surface area contributed by atoms with Crippen molar-refractivity contribution in [3.63, 3.8) is 0 Å². The van der Waals surface area contributed by atoms with E-state index in [9.17, 15) is 4.79 Å². The van der Waals surface area contributed by atoms with E-state index < -0.39 is 0 Å². The Balaban J connectivity index is 0.00000580. The number of halogens is 2. The van der Waals surface area contributed by atoms with Gasteiger partial charge in [0.2, 0.25) is 11.8 Å². The number of carbonyl (C=O) groups excluding carboxylic acids is 1. The van der Waals surface area contributed by atoms with Gasteiger partial charge in [-0.15, -0.1) is 12.4 Å². The summed E-state index contributed by atoms with van der Waals surface area (Å²) in [5.41, 5.74) is 7.80. The molecule has 55 heavy (non-hydrogen) atoms. The Morgan fingerprint density at radius 3 is 2.27 bits per heavy atom. The highest BCUT2D eigenvalue weighted by Crippen LogP contribution is 2.34. The van der Waals surface area contributed by atoms with Crippen molar-refractivity contribution in [2.24, 2.45) is 0 Å². The van der Waals surface area contributed by atoms with Crippen molar-refractivity contribution in [2.45, 2.75) is 65.6 Å². The lowest BCUT2D eigenvalue weighted by Gasteiger charge is -2.24. The van der Waals surface area contributed by atoms with Gasteiger partial charge in [-0.05, 0) is 103 Å². The Bertz CT molecular complexity index is 1990. The minimum Gasteiger partial charge on any atom is -0.493 e. The first-order chi connectivity index (χ1) is 26.1. The summed E-state index contributed by atoms with van der Waals surface area (Å²) >= 11 is 6.66. The summed E-state index contributed by atoms with van der Waals surface area (Å²) < 4.78 is 17.9. The lowest BCUT2D eigenvalue weighted by atomic mass is 10.0. The molecule has 288 valence electrons. The number of aryl methyl sites for hydroxylation is 2. The molecule has 4 aromatic carbocycles. The average Bonchev–Trinajstić information content (AvgIpc) is 3.68. The molecule has 1 aliphatic heterocycles. The molecule has 1 atom stereocenters. The Labute approximate surface area is 337 Å². The molecular formula is C46H51Cl2N3O4. The first kappa shape index (κ1) is 41.3. The second-order valence-corrected chi connectivity index (χ2v) is 14.9. The molecule has 0 unspecified atom stereocenters. The summed E-state index contributed by atoms with van der Waals surface area (Å²) in [6.07, 6.45) is 6.88. The monoisotopic (exact) mass is 779 g/mol. The molecule has 0 spiro atoms. The van der Waals surface area contributed by atoms with Crippen molar-refractivity contribution >= 4 is 36.0 Å². The Morgan fingerprint density at radius 2 is 1.60 bits per heavy atom. The molecule has 7 nitrogen and oxygen atoms in total. The second kappa shape index (κ2) is 19.7. The molecule has 0 radical (unpaired) electrons. The molecule has 1 fully saturated rings. The number of hydrogen-bond donors (Lipinski definition) is 0. The topological polar surface area (TPSA) is 64.1 Å². The molecule has 2 heterocycles. The number of carbonyl (C=O) groups is 1. The van der Waals surface area contributed by atoms with Crippen LogP contribution in [0.2, 0.25) is 5.02 Å². The van der Waals surface area contributed by atoms with Crippen molar-refractivity contribution < 1.29 is 19.0 Å². The molecule has 0 bridgehead atoms. The van der Waals surface area contributed by atoms with Crippen LogP contribution >= 0.6 is 24.0 Å². The molecule has 0 aliphatic carbocycles. The first-order valence-electron chi connectivity index (χ1n) is 18.7. The molecule has 1 amide bonds. The van der Waals surface area contributed by atoms with Gasteiger partial charge in [0, 0.05) is 44.2 Å². The van der Waals surface area contributed by atoms with E-state index in [1.54, 1.807) is 24.4 Å². The predicted molar refractivity (Wildman–Crippen MR) is 225 cm³/mol. The summed E-state index contributed by atoms with van der Waals surface area (Å²) in [6.45, 7) is 11.7. The van der Waals surface area contributed by atoms with Crippen LogP contribution in [-0.2, 0) is 24.4 Å².